The summed E-state index contributed by atoms with van der Waals surface area (Å²) in [6.07, 6.45) is -0.631. The van der Waals surface area contributed by atoms with Crippen molar-refractivity contribution >= 4 is 12.1 Å². The van der Waals surface area contributed by atoms with E-state index in [2.05, 4.69) is 15.5 Å². The number of carbonyl (C=O) groups is 1. The maximum Gasteiger partial charge on any atom is 0.276 e. The second-order valence-electron chi connectivity index (χ2n) is 3.65. The molecule has 1 aromatic rings. The van der Waals surface area contributed by atoms with E-state index in [0.717, 1.165) is 0 Å². The summed E-state index contributed by atoms with van der Waals surface area (Å²) in [5, 5.41) is 21.6. The largest absolute Gasteiger partial charge is 0.847 e. The first kappa shape index (κ1) is 15.2. The van der Waals surface area contributed by atoms with Gasteiger partial charge in [-0.05, 0) is 20.3 Å². The van der Waals surface area contributed by atoms with Crippen molar-refractivity contribution < 1.29 is 19.4 Å². The fourth-order valence-electron chi connectivity index (χ4n) is 1.36. The van der Waals surface area contributed by atoms with Crippen molar-refractivity contribution in [3.63, 3.8) is 0 Å². The highest BCUT2D eigenvalue weighted by Gasteiger charge is 2.09. The zero-order valence-corrected chi connectivity index (χ0v) is 11.1. The Morgan fingerprint density at radius 3 is 2.74 bits per heavy atom. The lowest BCUT2D eigenvalue weighted by molar-refractivity contribution is -0.400. The van der Waals surface area contributed by atoms with E-state index in [1.807, 2.05) is 13.8 Å². The van der Waals surface area contributed by atoms with Crippen molar-refractivity contribution in [3.05, 3.63) is 6.07 Å². The maximum atomic E-state index is 10.9. The standard InChI is InChI=1S/C12H18N3O4/c1-3-18-10-7-11(13-6-5-9(17)8-16)14-15-12(10)19-4-2/h7-9H,3-6H2,1-2H3,(H,13,14)/q-1. The Hall–Kier alpha value is -1.89. The second-order valence-corrected chi connectivity index (χ2v) is 3.65. The zero-order chi connectivity index (χ0) is 14.1. The summed E-state index contributed by atoms with van der Waals surface area (Å²) in [6.45, 7) is 5.01. The third-order valence-corrected chi connectivity index (χ3v) is 2.19. The van der Waals surface area contributed by atoms with Crippen molar-refractivity contribution in [1.82, 2.24) is 10.2 Å². The number of nitrogens with one attached hydrogen (secondary N) is 1. The molecule has 106 valence electrons. The first-order chi connectivity index (χ1) is 9.21. The van der Waals surface area contributed by atoms with Crippen LogP contribution in [-0.2, 0) is 4.79 Å². The van der Waals surface area contributed by atoms with Crippen molar-refractivity contribution in [2.24, 2.45) is 0 Å². The lowest BCUT2D eigenvalue weighted by Gasteiger charge is -2.15. The van der Waals surface area contributed by atoms with Gasteiger partial charge in [0.1, 0.15) is 6.29 Å². The molecular weight excluding hydrogens is 250 g/mol. The van der Waals surface area contributed by atoms with Crippen LogP contribution in [0, 0.1) is 0 Å². The Morgan fingerprint density at radius 2 is 2.11 bits per heavy atom. The van der Waals surface area contributed by atoms with Crippen molar-refractivity contribution in [2.45, 2.75) is 26.4 Å². The van der Waals surface area contributed by atoms with Crippen LogP contribution in [0.5, 0.6) is 11.6 Å². The number of anilines is 1. The fourth-order valence-corrected chi connectivity index (χ4v) is 1.36. The predicted molar refractivity (Wildman–Crippen MR) is 67.3 cm³/mol. The molecule has 0 radical (unpaired) electrons. The van der Waals surface area contributed by atoms with E-state index in [0.29, 0.717) is 43.5 Å². The van der Waals surface area contributed by atoms with Gasteiger partial charge in [0.15, 0.2) is 11.6 Å². The van der Waals surface area contributed by atoms with Crippen LogP contribution >= 0.6 is 0 Å². The summed E-state index contributed by atoms with van der Waals surface area (Å²) in [6, 6.07) is 1.65. The minimum absolute atomic E-state index is 0.197. The monoisotopic (exact) mass is 268 g/mol. The Kier molecular flexibility index (Phi) is 6.59. The average Bonchev–Trinajstić information content (AvgIpc) is 2.42. The summed E-state index contributed by atoms with van der Waals surface area (Å²) in [5.41, 5.74) is 0. The van der Waals surface area contributed by atoms with Crippen molar-refractivity contribution in [2.75, 3.05) is 25.1 Å². The molecule has 0 saturated heterocycles. The molecule has 0 saturated carbocycles. The second kappa shape index (κ2) is 8.25. The molecule has 0 spiro atoms. The van der Waals surface area contributed by atoms with Gasteiger partial charge in [0.25, 0.3) is 5.88 Å². The number of ether oxygens (including phenoxy) is 2. The van der Waals surface area contributed by atoms with E-state index >= 15 is 0 Å². The molecule has 1 N–H and O–H groups in total. The van der Waals surface area contributed by atoms with Crippen LogP contribution in [-0.4, -0.2) is 42.3 Å². The third-order valence-electron chi connectivity index (χ3n) is 2.19. The lowest BCUT2D eigenvalue weighted by atomic mass is 10.3. The normalized spacial score (nSPS) is 11.7. The summed E-state index contributed by atoms with van der Waals surface area (Å²) in [5.74, 6) is 1.31. The topological polar surface area (TPSA) is 96.4 Å². The Morgan fingerprint density at radius 1 is 1.37 bits per heavy atom. The molecule has 0 aliphatic carbocycles. The van der Waals surface area contributed by atoms with Crippen molar-refractivity contribution in [3.8, 4) is 11.6 Å². The summed E-state index contributed by atoms with van der Waals surface area (Å²) in [4.78, 5) is 10.2. The Bertz CT molecular complexity index is 401. The van der Waals surface area contributed by atoms with Gasteiger partial charge in [-0.2, -0.15) is 0 Å². The van der Waals surface area contributed by atoms with Crippen LogP contribution in [0.4, 0.5) is 5.82 Å². The lowest BCUT2D eigenvalue weighted by Crippen LogP contribution is -2.28. The molecule has 7 nitrogen and oxygen atoms in total. The first-order valence-electron chi connectivity index (χ1n) is 6.19. The van der Waals surface area contributed by atoms with Gasteiger partial charge < -0.3 is 24.7 Å². The highest BCUT2D eigenvalue weighted by Crippen LogP contribution is 2.25. The van der Waals surface area contributed by atoms with E-state index in [4.69, 9.17) is 9.47 Å². The van der Waals surface area contributed by atoms with Gasteiger partial charge in [-0.15, -0.1) is 10.2 Å². The van der Waals surface area contributed by atoms with Gasteiger partial charge in [0.05, 0.1) is 13.2 Å². The molecule has 0 bridgehead atoms. The molecule has 1 unspecified atom stereocenters. The Labute approximate surface area is 111 Å². The SMILES string of the molecule is CCOc1cc(NCCC([O-])C=O)nnc1OCC. The van der Waals surface area contributed by atoms with Crippen LogP contribution in [0.2, 0.25) is 0 Å². The number of hydrogen-bond acceptors (Lipinski definition) is 7. The third kappa shape index (κ3) is 5.09. The van der Waals surface area contributed by atoms with Crippen LogP contribution in [0.1, 0.15) is 20.3 Å². The number of aldehydes is 1. The predicted octanol–water partition coefficient (Wildman–Crippen LogP) is 0.00380. The van der Waals surface area contributed by atoms with E-state index in [1.54, 1.807) is 6.07 Å². The molecule has 0 aliphatic rings. The smallest absolute Gasteiger partial charge is 0.276 e. The quantitative estimate of drug-likeness (QED) is 0.630. The average molecular weight is 268 g/mol. The molecule has 0 aliphatic heterocycles. The Balaban J connectivity index is 2.63. The molecule has 7 heteroatoms. The highest BCUT2D eigenvalue weighted by molar-refractivity contribution is 5.55. The summed E-state index contributed by atoms with van der Waals surface area (Å²) < 4.78 is 10.7. The number of nitrogens with zero attached hydrogens (tertiary/aromatic N) is 2. The molecule has 0 aromatic carbocycles. The number of hydrogen-bond donors (Lipinski definition) is 1. The van der Waals surface area contributed by atoms with Gasteiger partial charge in [-0.3, -0.25) is 0 Å². The molecular formula is C12H18N3O4-. The molecule has 19 heavy (non-hydrogen) atoms. The van der Waals surface area contributed by atoms with Gasteiger partial charge in [-0.25, -0.2) is 0 Å². The number of rotatable bonds is 9. The van der Waals surface area contributed by atoms with Crippen LogP contribution in [0.15, 0.2) is 6.07 Å². The minimum Gasteiger partial charge on any atom is -0.847 e. The van der Waals surface area contributed by atoms with E-state index in [9.17, 15) is 9.90 Å². The summed E-state index contributed by atoms with van der Waals surface area (Å²) in [7, 11) is 0. The van der Waals surface area contributed by atoms with Gasteiger partial charge in [0.2, 0.25) is 0 Å². The minimum atomic E-state index is -1.21. The number of aromatic nitrogens is 2. The molecule has 1 atom stereocenters. The number of carbonyl (C=O) groups excluding carboxylic acids is 1. The molecule has 0 amide bonds. The first-order valence-corrected chi connectivity index (χ1v) is 6.19. The fraction of sp³-hybridized carbons (Fsp3) is 0.583. The molecule has 0 fully saturated rings. The van der Waals surface area contributed by atoms with Crippen LogP contribution in [0.25, 0.3) is 0 Å². The highest BCUT2D eigenvalue weighted by atomic mass is 16.5. The maximum absolute atomic E-state index is 10.9. The molecule has 1 rings (SSSR count). The summed E-state index contributed by atoms with van der Waals surface area (Å²) >= 11 is 0. The molecule has 1 aromatic heterocycles. The molecule has 1 heterocycles. The van der Waals surface area contributed by atoms with Crippen molar-refractivity contribution in [1.29, 1.82) is 0 Å². The van der Waals surface area contributed by atoms with E-state index in [-0.39, 0.29) is 6.42 Å². The van der Waals surface area contributed by atoms with Gasteiger partial charge >= 0.3 is 0 Å². The van der Waals surface area contributed by atoms with Gasteiger partial charge in [0, 0.05) is 12.6 Å². The van der Waals surface area contributed by atoms with E-state index < -0.39 is 6.10 Å². The van der Waals surface area contributed by atoms with Crippen LogP contribution < -0.4 is 19.9 Å². The van der Waals surface area contributed by atoms with Gasteiger partial charge in [-0.1, -0.05) is 6.10 Å². The van der Waals surface area contributed by atoms with E-state index in [1.165, 1.54) is 0 Å². The zero-order valence-electron chi connectivity index (χ0n) is 11.1. The van der Waals surface area contributed by atoms with Crippen LogP contribution in [0.3, 0.4) is 0 Å².